The number of rotatable bonds is 7. The Morgan fingerprint density at radius 3 is 2.27 bits per heavy atom. The van der Waals surface area contributed by atoms with E-state index in [0.29, 0.717) is 30.1 Å². The van der Waals surface area contributed by atoms with Gasteiger partial charge in [0.15, 0.2) is 0 Å². The molecule has 0 aliphatic carbocycles. The molecule has 4 amide bonds. The minimum atomic E-state index is -3.61. The van der Waals surface area contributed by atoms with Crippen LogP contribution in [-0.2, 0) is 25.2 Å². The van der Waals surface area contributed by atoms with Crippen molar-refractivity contribution in [2.24, 2.45) is 0 Å². The van der Waals surface area contributed by atoms with E-state index in [2.05, 4.69) is 10.6 Å². The van der Waals surface area contributed by atoms with Crippen molar-refractivity contribution in [3.8, 4) is 5.75 Å². The first-order valence-electron chi connectivity index (χ1n) is 13.2. The number of urea groups is 1. The zero-order valence-electron chi connectivity index (χ0n) is 22.5. The maximum Gasteiger partial charge on any atom is 0.325 e. The van der Waals surface area contributed by atoms with E-state index in [1.54, 1.807) is 20.1 Å². The van der Waals surface area contributed by atoms with Crippen LogP contribution in [0.2, 0.25) is 0 Å². The van der Waals surface area contributed by atoms with E-state index in [4.69, 9.17) is 4.74 Å². The third-order valence-corrected chi connectivity index (χ3v) is 9.46. The molecule has 0 spiro atoms. The maximum absolute atomic E-state index is 13.4. The predicted molar refractivity (Wildman–Crippen MR) is 150 cm³/mol. The lowest BCUT2D eigenvalue weighted by atomic mass is 9.90. The summed E-state index contributed by atoms with van der Waals surface area (Å²) in [6.45, 7) is 2.12. The fourth-order valence-corrected chi connectivity index (χ4v) is 6.70. The van der Waals surface area contributed by atoms with Gasteiger partial charge in [0, 0.05) is 18.8 Å². The quantitative estimate of drug-likeness (QED) is 0.421. The lowest BCUT2D eigenvalue weighted by Gasteiger charge is -2.22. The first-order valence-corrected chi connectivity index (χ1v) is 14.7. The highest BCUT2D eigenvalue weighted by atomic mass is 32.2. The van der Waals surface area contributed by atoms with Crippen molar-refractivity contribution in [1.82, 2.24) is 14.5 Å². The highest BCUT2D eigenvalue weighted by Gasteiger charge is 2.49. The van der Waals surface area contributed by atoms with Gasteiger partial charge in [-0.2, -0.15) is 4.31 Å². The van der Waals surface area contributed by atoms with Crippen LogP contribution in [0.1, 0.15) is 38.2 Å². The molecule has 5 rings (SSSR count). The van der Waals surface area contributed by atoms with Gasteiger partial charge >= 0.3 is 6.03 Å². The fourth-order valence-electron chi connectivity index (χ4n) is 5.18. The number of anilines is 1. The average Bonchev–Trinajstić information content (AvgIpc) is 3.14. The monoisotopic (exact) mass is 564 g/mol. The molecule has 0 unspecified atom stereocenters. The molecule has 10 nitrogen and oxygen atoms in total. The lowest BCUT2D eigenvalue weighted by Crippen LogP contribution is -2.42. The number of benzene rings is 3. The number of ether oxygens (including phenoxy) is 1. The second-order valence-electron chi connectivity index (χ2n) is 10.3. The van der Waals surface area contributed by atoms with E-state index in [9.17, 15) is 22.8 Å². The van der Waals surface area contributed by atoms with Gasteiger partial charge in [-0.25, -0.2) is 13.2 Å². The van der Waals surface area contributed by atoms with Crippen LogP contribution in [0.5, 0.6) is 5.75 Å². The molecule has 2 fully saturated rings. The molecular weight excluding hydrogens is 532 g/mol. The number of fused-ring (bicyclic) bond motifs is 1. The predicted octanol–water partition coefficient (Wildman–Crippen LogP) is 3.82. The molecule has 2 N–H and O–H groups in total. The molecule has 0 aromatic heterocycles. The number of carbonyl (C=O) groups is 3. The number of imide groups is 1. The molecule has 2 aliphatic rings. The Morgan fingerprint density at radius 1 is 0.950 bits per heavy atom. The summed E-state index contributed by atoms with van der Waals surface area (Å²) < 4.78 is 32.8. The van der Waals surface area contributed by atoms with Crippen LogP contribution in [0, 0.1) is 0 Å². The maximum atomic E-state index is 13.4. The van der Waals surface area contributed by atoms with E-state index in [0.717, 1.165) is 41.4 Å². The molecule has 2 saturated heterocycles. The fraction of sp³-hybridized carbons (Fsp3) is 0.345. The van der Waals surface area contributed by atoms with Crippen LogP contribution in [0.4, 0.5) is 10.5 Å². The summed E-state index contributed by atoms with van der Waals surface area (Å²) in [5.41, 5.74) is -0.387. The summed E-state index contributed by atoms with van der Waals surface area (Å²) in [6.07, 6.45) is 3.72. The molecule has 210 valence electrons. The van der Waals surface area contributed by atoms with Gasteiger partial charge in [-0.05, 0) is 78.6 Å². The molecular formula is C29H32N4O6S. The van der Waals surface area contributed by atoms with Crippen LogP contribution >= 0.6 is 0 Å². The summed E-state index contributed by atoms with van der Waals surface area (Å²) in [4.78, 5) is 40.0. The van der Waals surface area contributed by atoms with Gasteiger partial charge in [-0.1, -0.05) is 31.0 Å². The van der Waals surface area contributed by atoms with Crippen LogP contribution in [0.3, 0.4) is 0 Å². The van der Waals surface area contributed by atoms with Gasteiger partial charge in [0.2, 0.25) is 15.9 Å². The SMILES string of the molecule is COc1ccc2cc([C@]3(C)NC(=O)N(CC(=O)Nc4ccc(S(=O)(=O)N5CCCCCC5)cc4)C3=O)ccc2c1. The second kappa shape index (κ2) is 10.9. The third kappa shape index (κ3) is 5.26. The highest BCUT2D eigenvalue weighted by molar-refractivity contribution is 7.89. The topological polar surface area (TPSA) is 125 Å². The molecule has 0 saturated carbocycles. The lowest BCUT2D eigenvalue weighted by molar-refractivity contribution is -0.133. The summed E-state index contributed by atoms with van der Waals surface area (Å²) in [7, 11) is -2.02. The number of carbonyl (C=O) groups excluding carboxylic acids is 3. The summed E-state index contributed by atoms with van der Waals surface area (Å²) in [5, 5.41) is 7.17. The van der Waals surface area contributed by atoms with Crippen molar-refractivity contribution in [2.75, 3.05) is 32.1 Å². The Balaban J connectivity index is 1.26. The van der Waals surface area contributed by atoms with Crippen molar-refractivity contribution in [3.63, 3.8) is 0 Å². The number of nitrogens with zero attached hydrogens (tertiary/aromatic N) is 2. The number of hydrogen-bond donors (Lipinski definition) is 2. The van der Waals surface area contributed by atoms with Crippen molar-refractivity contribution >= 4 is 44.3 Å². The van der Waals surface area contributed by atoms with E-state index in [1.807, 2.05) is 30.3 Å². The number of sulfonamides is 1. The molecule has 2 heterocycles. The molecule has 1 atom stereocenters. The molecule has 2 aliphatic heterocycles. The van der Waals surface area contributed by atoms with Crippen molar-refractivity contribution in [3.05, 3.63) is 66.2 Å². The van der Waals surface area contributed by atoms with Crippen molar-refractivity contribution < 1.29 is 27.5 Å². The molecule has 3 aromatic carbocycles. The zero-order chi connectivity index (χ0) is 28.5. The van der Waals surface area contributed by atoms with Crippen molar-refractivity contribution in [1.29, 1.82) is 0 Å². The Bertz CT molecular complexity index is 1570. The van der Waals surface area contributed by atoms with E-state index in [-0.39, 0.29) is 4.90 Å². The largest absolute Gasteiger partial charge is 0.497 e. The number of amides is 4. The molecule has 11 heteroatoms. The van der Waals surface area contributed by atoms with Crippen LogP contribution in [0.25, 0.3) is 10.8 Å². The molecule has 3 aromatic rings. The van der Waals surface area contributed by atoms with Crippen molar-refractivity contribution in [2.45, 2.75) is 43.0 Å². The van der Waals surface area contributed by atoms with E-state index < -0.39 is 40.0 Å². The Hall–Kier alpha value is -3.96. The van der Waals surface area contributed by atoms with Crippen LogP contribution in [-0.4, -0.2) is 62.2 Å². The van der Waals surface area contributed by atoms with Gasteiger partial charge in [-0.3, -0.25) is 14.5 Å². The Labute approximate surface area is 233 Å². The van der Waals surface area contributed by atoms with Gasteiger partial charge in [0.25, 0.3) is 5.91 Å². The number of methoxy groups -OCH3 is 1. The van der Waals surface area contributed by atoms with Gasteiger partial charge in [0.1, 0.15) is 17.8 Å². The van der Waals surface area contributed by atoms with Gasteiger partial charge in [-0.15, -0.1) is 0 Å². The minimum Gasteiger partial charge on any atom is -0.497 e. The smallest absolute Gasteiger partial charge is 0.325 e. The average molecular weight is 565 g/mol. The zero-order valence-corrected chi connectivity index (χ0v) is 23.3. The van der Waals surface area contributed by atoms with Crippen LogP contribution in [0.15, 0.2) is 65.6 Å². The normalized spacial score (nSPS) is 20.3. The second-order valence-corrected chi connectivity index (χ2v) is 12.2. The standard InChI is InChI=1S/C29H32N4O6S/c1-29(22-9-7-21-18-24(39-2)12-8-20(21)17-22)27(35)33(28(36)31-29)19-26(34)30-23-10-13-25(14-11-23)40(37,38)32-15-5-3-4-6-16-32/h7-14,17-18H,3-6,15-16,19H2,1-2H3,(H,30,34)(H,31,36)/t29-/m0/s1. The molecule has 40 heavy (non-hydrogen) atoms. The van der Waals surface area contributed by atoms with E-state index >= 15 is 0 Å². The van der Waals surface area contributed by atoms with Gasteiger partial charge in [0.05, 0.1) is 12.0 Å². The Morgan fingerprint density at radius 2 is 1.60 bits per heavy atom. The number of nitrogens with one attached hydrogen (secondary N) is 2. The molecule has 0 radical (unpaired) electrons. The summed E-state index contributed by atoms with van der Waals surface area (Å²) in [6, 6.07) is 16.3. The summed E-state index contributed by atoms with van der Waals surface area (Å²) in [5.74, 6) is -0.413. The highest BCUT2D eigenvalue weighted by Crippen LogP contribution is 2.32. The third-order valence-electron chi connectivity index (χ3n) is 7.54. The first kappa shape index (κ1) is 27.6. The Kier molecular flexibility index (Phi) is 7.52. The first-order chi connectivity index (χ1) is 19.1. The van der Waals surface area contributed by atoms with E-state index in [1.165, 1.54) is 28.6 Å². The molecule has 0 bridgehead atoms. The van der Waals surface area contributed by atoms with Crippen LogP contribution < -0.4 is 15.4 Å². The van der Waals surface area contributed by atoms with Gasteiger partial charge < -0.3 is 15.4 Å². The summed E-state index contributed by atoms with van der Waals surface area (Å²) >= 11 is 0. The number of hydrogen-bond acceptors (Lipinski definition) is 6. The minimum absolute atomic E-state index is 0.158.